The Morgan fingerprint density at radius 2 is 2.44 bits per heavy atom. The molecule has 0 aromatic carbocycles. The molecule has 5 heteroatoms. The van der Waals surface area contributed by atoms with Crippen molar-refractivity contribution in [1.82, 2.24) is 4.98 Å². The SMILES string of the molecule is Cc1cccc(CC2=NC(=NC#N)SC2)n1. The fraction of sp³-hybridized carbons (Fsp3) is 0.273. The summed E-state index contributed by atoms with van der Waals surface area (Å²) in [5, 5.41) is 8.97. The van der Waals surface area contributed by atoms with Gasteiger partial charge in [-0.2, -0.15) is 5.26 Å². The Morgan fingerprint density at radius 3 is 3.19 bits per heavy atom. The number of aromatic nitrogens is 1. The van der Waals surface area contributed by atoms with Gasteiger partial charge in [-0.15, -0.1) is 4.99 Å². The zero-order chi connectivity index (χ0) is 11.4. The first-order chi connectivity index (χ1) is 7.78. The number of aryl methyl sites for hydroxylation is 1. The first-order valence-electron chi connectivity index (χ1n) is 4.86. The van der Waals surface area contributed by atoms with Crippen molar-refractivity contribution in [2.45, 2.75) is 13.3 Å². The fourth-order valence-electron chi connectivity index (χ4n) is 1.45. The van der Waals surface area contributed by atoms with Gasteiger partial charge in [0.1, 0.15) is 0 Å². The van der Waals surface area contributed by atoms with Gasteiger partial charge in [0.15, 0.2) is 5.17 Å². The van der Waals surface area contributed by atoms with Crippen LogP contribution in [0.25, 0.3) is 0 Å². The third-order valence-electron chi connectivity index (χ3n) is 2.10. The van der Waals surface area contributed by atoms with Gasteiger partial charge in [0, 0.05) is 29.3 Å². The molecule has 1 aliphatic heterocycles. The van der Waals surface area contributed by atoms with Gasteiger partial charge in [-0.3, -0.25) is 4.98 Å². The molecular weight excluding hydrogens is 220 g/mol. The summed E-state index contributed by atoms with van der Waals surface area (Å²) in [6, 6.07) is 5.95. The summed E-state index contributed by atoms with van der Waals surface area (Å²) in [5.41, 5.74) is 3.05. The summed E-state index contributed by atoms with van der Waals surface area (Å²) < 4.78 is 0. The standard InChI is InChI=1S/C11H10N4S/c1-8-3-2-4-9(14-8)5-10-6-16-11(15-10)13-7-12/h2-4H,5-6H2,1H3. The monoisotopic (exact) mass is 230 g/mol. The van der Waals surface area contributed by atoms with Crippen LogP contribution in [-0.4, -0.2) is 21.6 Å². The lowest BCUT2D eigenvalue weighted by atomic mass is 10.2. The zero-order valence-corrected chi connectivity index (χ0v) is 9.66. The predicted molar refractivity (Wildman–Crippen MR) is 65.6 cm³/mol. The Morgan fingerprint density at radius 1 is 1.56 bits per heavy atom. The Hall–Kier alpha value is -1.67. The summed E-state index contributed by atoms with van der Waals surface area (Å²) in [5.74, 6) is 0.802. The molecular formula is C11H10N4S. The van der Waals surface area contributed by atoms with Crippen LogP contribution in [0.3, 0.4) is 0 Å². The molecule has 4 nitrogen and oxygen atoms in total. The largest absolute Gasteiger partial charge is 0.258 e. The maximum Gasteiger partial charge on any atom is 0.208 e. The molecule has 1 aromatic heterocycles. The van der Waals surface area contributed by atoms with Gasteiger partial charge >= 0.3 is 0 Å². The number of aliphatic imine (C=N–C) groups is 2. The third-order valence-corrected chi connectivity index (χ3v) is 3.02. The zero-order valence-electron chi connectivity index (χ0n) is 8.84. The Bertz CT molecular complexity index is 499. The van der Waals surface area contributed by atoms with E-state index in [0.29, 0.717) is 5.17 Å². The highest BCUT2D eigenvalue weighted by molar-refractivity contribution is 8.14. The Kier molecular flexibility index (Phi) is 3.32. The van der Waals surface area contributed by atoms with Crippen molar-refractivity contribution in [2.24, 2.45) is 9.98 Å². The second kappa shape index (κ2) is 4.90. The molecule has 0 unspecified atom stereocenters. The molecule has 0 saturated heterocycles. The van der Waals surface area contributed by atoms with Crippen LogP contribution in [0.4, 0.5) is 0 Å². The number of hydrogen-bond acceptors (Lipinski definition) is 4. The maximum atomic E-state index is 8.41. The second-order valence-corrected chi connectivity index (χ2v) is 4.35. The minimum Gasteiger partial charge on any atom is -0.258 e. The molecule has 0 fully saturated rings. The van der Waals surface area contributed by atoms with Crippen molar-refractivity contribution in [3.63, 3.8) is 0 Å². The number of rotatable bonds is 2. The van der Waals surface area contributed by atoms with Gasteiger partial charge in [-0.25, -0.2) is 4.99 Å². The van der Waals surface area contributed by atoms with E-state index in [1.54, 1.807) is 6.19 Å². The van der Waals surface area contributed by atoms with Gasteiger partial charge < -0.3 is 0 Å². The summed E-state index contributed by atoms with van der Waals surface area (Å²) in [6.07, 6.45) is 2.48. The molecule has 2 heterocycles. The molecule has 1 aromatic rings. The molecule has 80 valence electrons. The van der Waals surface area contributed by atoms with E-state index in [4.69, 9.17) is 5.26 Å². The predicted octanol–water partition coefficient (Wildman–Crippen LogP) is 1.96. The highest BCUT2D eigenvalue weighted by atomic mass is 32.2. The lowest BCUT2D eigenvalue weighted by Gasteiger charge is -1.99. The smallest absolute Gasteiger partial charge is 0.208 e. The van der Waals surface area contributed by atoms with E-state index in [1.165, 1.54) is 11.8 Å². The fourth-order valence-corrected chi connectivity index (χ4v) is 2.21. The molecule has 0 aliphatic carbocycles. The summed E-state index contributed by atoms with van der Waals surface area (Å²) in [4.78, 5) is 12.3. The molecule has 0 N–H and O–H groups in total. The van der Waals surface area contributed by atoms with Gasteiger partial charge in [0.2, 0.25) is 6.19 Å². The van der Waals surface area contributed by atoms with Crippen LogP contribution in [0.5, 0.6) is 0 Å². The van der Waals surface area contributed by atoms with Crippen molar-refractivity contribution < 1.29 is 0 Å². The normalized spacial score (nSPS) is 17.2. The van der Waals surface area contributed by atoms with Crippen molar-refractivity contribution in [1.29, 1.82) is 5.26 Å². The second-order valence-electron chi connectivity index (χ2n) is 3.41. The highest BCUT2D eigenvalue weighted by Gasteiger charge is 2.14. The van der Waals surface area contributed by atoms with Crippen LogP contribution in [0.15, 0.2) is 28.2 Å². The maximum absolute atomic E-state index is 8.41. The quantitative estimate of drug-likeness (QED) is 0.729. The number of thioether (sulfide) groups is 1. The highest BCUT2D eigenvalue weighted by Crippen LogP contribution is 2.16. The molecule has 0 atom stereocenters. The van der Waals surface area contributed by atoms with Crippen LogP contribution in [0.2, 0.25) is 0 Å². The average Bonchev–Trinajstić information content (AvgIpc) is 2.66. The molecule has 16 heavy (non-hydrogen) atoms. The lowest BCUT2D eigenvalue weighted by molar-refractivity contribution is 1.08. The number of hydrogen-bond donors (Lipinski definition) is 0. The van der Waals surface area contributed by atoms with Crippen LogP contribution in [-0.2, 0) is 6.42 Å². The van der Waals surface area contributed by atoms with Crippen LogP contribution < -0.4 is 0 Å². The van der Waals surface area contributed by atoms with Gasteiger partial charge in [-0.05, 0) is 19.1 Å². The molecule has 2 rings (SSSR count). The van der Waals surface area contributed by atoms with Crippen molar-refractivity contribution in [2.75, 3.05) is 5.75 Å². The number of nitrogens with zero attached hydrogens (tertiary/aromatic N) is 4. The van der Waals surface area contributed by atoms with E-state index < -0.39 is 0 Å². The van der Waals surface area contributed by atoms with E-state index in [-0.39, 0.29) is 0 Å². The molecule has 0 saturated carbocycles. The van der Waals surface area contributed by atoms with Crippen molar-refractivity contribution in [3.05, 3.63) is 29.6 Å². The topological polar surface area (TPSA) is 61.4 Å². The number of nitriles is 1. The van der Waals surface area contributed by atoms with E-state index in [9.17, 15) is 0 Å². The summed E-state index contributed by atoms with van der Waals surface area (Å²) in [7, 11) is 0. The third kappa shape index (κ3) is 2.67. The Labute approximate surface area is 98.1 Å². The van der Waals surface area contributed by atoms with E-state index in [2.05, 4.69) is 15.0 Å². The van der Waals surface area contributed by atoms with E-state index in [0.717, 1.165) is 29.3 Å². The van der Waals surface area contributed by atoms with Crippen LogP contribution in [0.1, 0.15) is 11.4 Å². The van der Waals surface area contributed by atoms with E-state index in [1.807, 2.05) is 25.1 Å². The first kappa shape index (κ1) is 10.8. The van der Waals surface area contributed by atoms with Crippen LogP contribution in [0, 0.1) is 18.4 Å². The number of amidine groups is 1. The van der Waals surface area contributed by atoms with Crippen molar-refractivity contribution in [3.8, 4) is 6.19 Å². The minimum absolute atomic E-state index is 0.560. The minimum atomic E-state index is 0.560. The molecule has 0 spiro atoms. The van der Waals surface area contributed by atoms with Gasteiger partial charge in [-0.1, -0.05) is 17.8 Å². The Balaban J connectivity index is 2.10. The van der Waals surface area contributed by atoms with Gasteiger partial charge in [0.25, 0.3) is 0 Å². The van der Waals surface area contributed by atoms with Gasteiger partial charge in [0.05, 0.1) is 0 Å². The van der Waals surface area contributed by atoms with E-state index >= 15 is 0 Å². The average molecular weight is 230 g/mol. The van der Waals surface area contributed by atoms with Crippen LogP contribution >= 0.6 is 11.8 Å². The molecule has 1 aliphatic rings. The molecule has 0 amide bonds. The summed E-state index contributed by atoms with van der Waals surface area (Å²) in [6.45, 7) is 1.97. The molecule has 0 radical (unpaired) electrons. The summed E-state index contributed by atoms with van der Waals surface area (Å²) >= 11 is 1.49. The van der Waals surface area contributed by atoms with Crippen molar-refractivity contribution >= 4 is 22.6 Å². The molecule has 0 bridgehead atoms. The number of pyridine rings is 1. The lowest BCUT2D eigenvalue weighted by Crippen LogP contribution is -2.04. The first-order valence-corrected chi connectivity index (χ1v) is 5.85.